The van der Waals surface area contributed by atoms with E-state index in [0.717, 1.165) is 30.0 Å². The third kappa shape index (κ3) is 4.28. The molecular formula is C31H25N3O4. The molecule has 0 saturated heterocycles. The van der Waals surface area contributed by atoms with Crippen molar-refractivity contribution in [3.63, 3.8) is 0 Å². The molecular weight excluding hydrogens is 478 g/mol. The van der Waals surface area contributed by atoms with Crippen LogP contribution in [0.2, 0.25) is 0 Å². The Balaban J connectivity index is 1.29. The Morgan fingerprint density at radius 3 is 2.53 bits per heavy atom. The molecule has 1 aromatic heterocycles. The lowest BCUT2D eigenvalue weighted by Gasteiger charge is -2.31. The van der Waals surface area contributed by atoms with Gasteiger partial charge in [-0.1, -0.05) is 35.9 Å². The molecule has 0 unspecified atom stereocenters. The fourth-order valence-electron chi connectivity index (χ4n) is 4.92. The first-order valence-electron chi connectivity index (χ1n) is 12.5. The molecule has 1 amide bonds. The molecule has 38 heavy (non-hydrogen) atoms. The van der Waals surface area contributed by atoms with Gasteiger partial charge in [0.05, 0.1) is 11.3 Å². The van der Waals surface area contributed by atoms with Crippen molar-refractivity contribution in [2.75, 3.05) is 16.5 Å². The maximum atomic E-state index is 13.1. The van der Waals surface area contributed by atoms with Gasteiger partial charge < -0.3 is 14.4 Å². The van der Waals surface area contributed by atoms with E-state index in [2.05, 4.69) is 53.3 Å². The summed E-state index contributed by atoms with van der Waals surface area (Å²) in [5, 5.41) is 14.8. The number of carboxylic acids is 1. The van der Waals surface area contributed by atoms with E-state index in [9.17, 15) is 14.7 Å². The number of aliphatic carboxylic acids is 1. The van der Waals surface area contributed by atoms with Gasteiger partial charge >= 0.3 is 5.97 Å². The fraction of sp³-hybridized carbons (Fsp3) is 0.129. The standard InChI is InChI=1S/C31H25N3O4/c1-20-9-12-23(13-10-20)33-17-5-6-21-18-22(11-15-27(21)33)28-16-14-25(38-28)19-26-29(31(36)37)32-34(30(26)35)24-7-3-2-4-8-24/h2-4,7-16,18-19H,5-6,17H2,1H3,(H,36,37)/b26-19-. The SMILES string of the molecule is Cc1ccc(N2CCCc3cc(-c4ccc(/C=C5\C(=O)N(c6ccccc6)N=C5C(=O)O)o4)ccc32)cc1. The Morgan fingerprint density at radius 1 is 0.974 bits per heavy atom. The average Bonchev–Trinajstić information content (AvgIpc) is 3.54. The number of carboxylic acid groups (broad SMARTS) is 1. The molecule has 3 heterocycles. The maximum absolute atomic E-state index is 13.1. The number of rotatable bonds is 5. The summed E-state index contributed by atoms with van der Waals surface area (Å²) >= 11 is 0. The van der Waals surface area contributed by atoms with Crippen molar-refractivity contribution in [1.29, 1.82) is 0 Å². The first-order chi connectivity index (χ1) is 18.5. The smallest absolute Gasteiger partial charge is 0.357 e. The van der Waals surface area contributed by atoms with Gasteiger partial charge in [-0.3, -0.25) is 4.79 Å². The summed E-state index contributed by atoms with van der Waals surface area (Å²) in [6.45, 7) is 3.06. The number of hydrogen-bond donors (Lipinski definition) is 1. The number of furan rings is 1. The molecule has 0 radical (unpaired) electrons. The second-order valence-corrected chi connectivity index (χ2v) is 9.40. The number of hydrogen-bond acceptors (Lipinski definition) is 5. The van der Waals surface area contributed by atoms with Gasteiger partial charge in [-0.2, -0.15) is 10.1 Å². The maximum Gasteiger partial charge on any atom is 0.357 e. The molecule has 188 valence electrons. The molecule has 0 spiro atoms. The van der Waals surface area contributed by atoms with Gasteiger partial charge in [0.2, 0.25) is 0 Å². The van der Waals surface area contributed by atoms with Crippen molar-refractivity contribution in [1.82, 2.24) is 0 Å². The summed E-state index contributed by atoms with van der Waals surface area (Å²) in [7, 11) is 0. The zero-order valence-electron chi connectivity index (χ0n) is 20.8. The zero-order chi connectivity index (χ0) is 26.2. The molecule has 0 saturated carbocycles. The van der Waals surface area contributed by atoms with E-state index in [0.29, 0.717) is 17.2 Å². The number of para-hydroxylation sites is 1. The Hall–Kier alpha value is -4.91. The summed E-state index contributed by atoms with van der Waals surface area (Å²) in [6.07, 6.45) is 3.47. The predicted octanol–water partition coefficient (Wildman–Crippen LogP) is 6.21. The van der Waals surface area contributed by atoms with Gasteiger partial charge in [0, 0.05) is 23.5 Å². The number of benzene rings is 3. The van der Waals surface area contributed by atoms with Crippen LogP contribution in [0.5, 0.6) is 0 Å². The lowest BCUT2D eigenvalue weighted by atomic mass is 9.97. The van der Waals surface area contributed by atoms with Gasteiger partial charge in [0.15, 0.2) is 5.71 Å². The normalized spacial score (nSPS) is 16.1. The quantitative estimate of drug-likeness (QED) is 0.327. The number of amides is 1. The lowest BCUT2D eigenvalue weighted by Crippen LogP contribution is -2.24. The first-order valence-corrected chi connectivity index (χ1v) is 12.5. The van der Waals surface area contributed by atoms with E-state index in [1.54, 1.807) is 30.3 Å². The number of carbonyl (C=O) groups excluding carboxylic acids is 1. The third-order valence-electron chi connectivity index (χ3n) is 6.82. The van der Waals surface area contributed by atoms with Crippen LogP contribution in [0.3, 0.4) is 0 Å². The summed E-state index contributed by atoms with van der Waals surface area (Å²) < 4.78 is 6.06. The van der Waals surface area contributed by atoms with Crippen LogP contribution in [0.25, 0.3) is 17.4 Å². The third-order valence-corrected chi connectivity index (χ3v) is 6.82. The molecule has 1 N–H and O–H groups in total. The number of fused-ring (bicyclic) bond motifs is 1. The molecule has 2 aliphatic heterocycles. The Morgan fingerprint density at radius 2 is 1.76 bits per heavy atom. The van der Waals surface area contributed by atoms with Gasteiger partial charge in [0.25, 0.3) is 5.91 Å². The van der Waals surface area contributed by atoms with Crippen LogP contribution >= 0.6 is 0 Å². The van der Waals surface area contributed by atoms with Gasteiger partial charge in [-0.05, 0) is 86.0 Å². The zero-order valence-corrected chi connectivity index (χ0v) is 20.8. The molecule has 6 rings (SSSR count). The predicted molar refractivity (Wildman–Crippen MR) is 148 cm³/mol. The van der Waals surface area contributed by atoms with Crippen LogP contribution in [0, 0.1) is 6.92 Å². The second-order valence-electron chi connectivity index (χ2n) is 9.40. The average molecular weight is 504 g/mol. The van der Waals surface area contributed by atoms with E-state index >= 15 is 0 Å². The summed E-state index contributed by atoms with van der Waals surface area (Å²) in [5.74, 6) is -0.767. The van der Waals surface area contributed by atoms with E-state index in [1.165, 1.54) is 28.6 Å². The van der Waals surface area contributed by atoms with E-state index in [1.807, 2.05) is 18.2 Å². The molecule has 0 fully saturated rings. The molecule has 0 bridgehead atoms. The van der Waals surface area contributed by atoms with Crippen LogP contribution in [-0.2, 0) is 16.0 Å². The van der Waals surface area contributed by atoms with Crippen LogP contribution in [0.15, 0.2) is 100 Å². The highest BCUT2D eigenvalue weighted by atomic mass is 16.4. The van der Waals surface area contributed by atoms with Crippen molar-refractivity contribution < 1.29 is 19.1 Å². The van der Waals surface area contributed by atoms with Gasteiger partial charge in [-0.25, -0.2) is 4.79 Å². The second kappa shape index (κ2) is 9.52. The van der Waals surface area contributed by atoms with E-state index in [-0.39, 0.29) is 11.3 Å². The van der Waals surface area contributed by atoms with Crippen molar-refractivity contribution in [2.24, 2.45) is 5.10 Å². The molecule has 7 heteroatoms. The van der Waals surface area contributed by atoms with Crippen molar-refractivity contribution in [2.45, 2.75) is 19.8 Å². The van der Waals surface area contributed by atoms with Crippen LogP contribution in [0.1, 0.15) is 23.3 Å². The number of aryl methyl sites for hydroxylation is 2. The molecule has 0 atom stereocenters. The summed E-state index contributed by atoms with van der Waals surface area (Å²) in [4.78, 5) is 27.3. The number of nitrogens with zero attached hydrogens (tertiary/aromatic N) is 3. The van der Waals surface area contributed by atoms with Gasteiger partial charge in [-0.15, -0.1) is 0 Å². The van der Waals surface area contributed by atoms with Crippen molar-refractivity contribution in [3.05, 3.63) is 107 Å². The van der Waals surface area contributed by atoms with Crippen LogP contribution in [-0.4, -0.2) is 29.2 Å². The highest BCUT2D eigenvalue weighted by Gasteiger charge is 2.35. The number of carbonyl (C=O) groups is 2. The Bertz CT molecular complexity index is 1600. The Labute approximate surface area is 219 Å². The van der Waals surface area contributed by atoms with E-state index < -0.39 is 11.9 Å². The van der Waals surface area contributed by atoms with Crippen LogP contribution < -0.4 is 9.91 Å². The highest BCUT2D eigenvalue weighted by molar-refractivity contribution is 6.53. The van der Waals surface area contributed by atoms with E-state index in [4.69, 9.17) is 4.42 Å². The largest absolute Gasteiger partial charge is 0.476 e. The molecule has 2 aliphatic rings. The molecule has 7 nitrogen and oxygen atoms in total. The van der Waals surface area contributed by atoms with Gasteiger partial charge in [0.1, 0.15) is 11.5 Å². The fourth-order valence-corrected chi connectivity index (χ4v) is 4.92. The topological polar surface area (TPSA) is 86.4 Å². The van der Waals surface area contributed by atoms with Crippen LogP contribution in [0.4, 0.5) is 17.1 Å². The lowest BCUT2D eigenvalue weighted by molar-refractivity contribution is -0.129. The monoisotopic (exact) mass is 503 g/mol. The molecule has 4 aromatic rings. The first kappa shape index (κ1) is 23.5. The number of hydrazone groups is 1. The summed E-state index contributed by atoms with van der Waals surface area (Å²) in [5.41, 5.74) is 5.93. The highest BCUT2D eigenvalue weighted by Crippen LogP contribution is 2.37. The minimum atomic E-state index is -1.28. The molecule has 0 aliphatic carbocycles. The van der Waals surface area contributed by atoms with Crippen molar-refractivity contribution in [3.8, 4) is 11.3 Å². The molecule has 3 aromatic carbocycles. The van der Waals surface area contributed by atoms with Crippen molar-refractivity contribution >= 4 is 40.7 Å². The number of anilines is 3. The minimum Gasteiger partial charge on any atom is -0.476 e. The summed E-state index contributed by atoms with van der Waals surface area (Å²) in [6, 6.07) is 27.2. The Kier molecular flexibility index (Phi) is 5.88. The minimum absolute atomic E-state index is 0.0265.